The van der Waals surface area contributed by atoms with Crippen LogP contribution in [0.4, 0.5) is 0 Å². The van der Waals surface area contributed by atoms with Gasteiger partial charge in [-0.05, 0) is 20.3 Å². The van der Waals surface area contributed by atoms with E-state index in [1.165, 1.54) is 0 Å². The third-order valence-corrected chi connectivity index (χ3v) is 2.14. The van der Waals surface area contributed by atoms with Crippen molar-refractivity contribution in [2.45, 2.75) is 32.1 Å². The van der Waals surface area contributed by atoms with E-state index in [0.717, 1.165) is 0 Å². The zero-order chi connectivity index (χ0) is 11.2. The minimum Gasteiger partial charge on any atom is -0.463 e. The molecule has 0 N–H and O–H groups in total. The second kappa shape index (κ2) is 5.86. The van der Waals surface area contributed by atoms with Gasteiger partial charge in [0.25, 0.3) is 0 Å². The number of esters is 2. The molecular formula is C9H15ClO4. The third kappa shape index (κ3) is 4.46. The van der Waals surface area contributed by atoms with Crippen LogP contribution in [0.5, 0.6) is 0 Å². The van der Waals surface area contributed by atoms with Crippen molar-refractivity contribution >= 4 is 23.5 Å². The highest BCUT2D eigenvalue weighted by Crippen LogP contribution is 2.20. The van der Waals surface area contributed by atoms with Gasteiger partial charge in [0.1, 0.15) is 4.87 Å². The molecule has 0 saturated heterocycles. The van der Waals surface area contributed by atoms with Gasteiger partial charge in [0, 0.05) is 0 Å². The van der Waals surface area contributed by atoms with Crippen LogP contribution in [0.2, 0.25) is 0 Å². The summed E-state index contributed by atoms with van der Waals surface area (Å²) in [6.07, 6.45) is 0.441. The normalized spacial score (nSPS) is 14.3. The Hall–Kier alpha value is -0.770. The second-order valence-electron chi connectivity index (χ2n) is 2.93. The molecule has 0 radical (unpaired) electrons. The van der Waals surface area contributed by atoms with Crippen LogP contribution in [0.1, 0.15) is 27.2 Å². The van der Waals surface area contributed by atoms with Crippen molar-refractivity contribution in [1.82, 2.24) is 0 Å². The number of ether oxygens (including phenoxy) is 2. The van der Waals surface area contributed by atoms with E-state index in [-0.39, 0.29) is 13.2 Å². The van der Waals surface area contributed by atoms with Crippen LogP contribution in [-0.4, -0.2) is 30.0 Å². The molecule has 0 aliphatic heterocycles. The lowest BCUT2D eigenvalue weighted by Crippen LogP contribution is -2.32. The number of carbonyl (C=O) groups is 2. The average Bonchev–Trinajstić information content (AvgIpc) is 2.14. The third-order valence-electron chi connectivity index (χ3n) is 1.72. The van der Waals surface area contributed by atoms with Crippen LogP contribution < -0.4 is 0 Å². The van der Waals surface area contributed by atoms with E-state index in [9.17, 15) is 9.59 Å². The summed E-state index contributed by atoms with van der Waals surface area (Å²) in [6, 6.07) is 0. The number of alkyl halides is 1. The first-order chi connectivity index (χ1) is 6.44. The number of carbonyl (C=O) groups excluding carboxylic acids is 2. The fourth-order valence-electron chi connectivity index (χ4n) is 0.622. The highest BCUT2D eigenvalue weighted by Gasteiger charge is 2.30. The molecule has 0 aliphatic rings. The first-order valence-corrected chi connectivity index (χ1v) is 4.83. The highest BCUT2D eigenvalue weighted by atomic mass is 35.5. The zero-order valence-corrected chi connectivity index (χ0v) is 9.39. The topological polar surface area (TPSA) is 52.6 Å². The molecule has 1 unspecified atom stereocenters. The number of halogens is 1. The fourth-order valence-corrected chi connectivity index (χ4v) is 0.676. The summed E-state index contributed by atoms with van der Waals surface area (Å²) in [5, 5.41) is 0. The van der Waals surface area contributed by atoms with Gasteiger partial charge in [-0.15, -0.1) is 11.6 Å². The van der Waals surface area contributed by atoms with Gasteiger partial charge in [-0.1, -0.05) is 6.92 Å². The minimum atomic E-state index is -1.06. The SMILES string of the molecule is CCOC(=O)COC(=O)C(C)(Cl)CC. The van der Waals surface area contributed by atoms with Crippen LogP contribution in [0.25, 0.3) is 0 Å². The van der Waals surface area contributed by atoms with Crippen LogP contribution in [0.3, 0.4) is 0 Å². The lowest BCUT2D eigenvalue weighted by molar-refractivity contribution is -0.159. The molecule has 0 aliphatic carbocycles. The van der Waals surface area contributed by atoms with E-state index >= 15 is 0 Å². The Kier molecular flexibility index (Phi) is 5.53. The largest absolute Gasteiger partial charge is 0.463 e. The fraction of sp³-hybridized carbons (Fsp3) is 0.778. The Morgan fingerprint density at radius 3 is 2.29 bits per heavy atom. The second-order valence-corrected chi connectivity index (χ2v) is 3.77. The monoisotopic (exact) mass is 222 g/mol. The summed E-state index contributed by atoms with van der Waals surface area (Å²) in [4.78, 5) is 21.0. The lowest BCUT2D eigenvalue weighted by Gasteiger charge is -2.17. The molecule has 0 aromatic rings. The molecule has 4 nitrogen and oxygen atoms in total. The van der Waals surface area contributed by atoms with Gasteiger partial charge < -0.3 is 9.47 Å². The Bertz CT molecular complexity index is 213. The van der Waals surface area contributed by atoms with Crippen LogP contribution in [-0.2, 0) is 19.1 Å². The predicted molar refractivity (Wildman–Crippen MR) is 52.1 cm³/mol. The molecule has 0 aromatic heterocycles. The van der Waals surface area contributed by atoms with E-state index in [2.05, 4.69) is 9.47 Å². The molecule has 0 amide bonds. The Labute approximate surface area is 88.5 Å². The summed E-state index contributed by atoms with van der Waals surface area (Å²) in [7, 11) is 0. The van der Waals surface area contributed by atoms with Gasteiger partial charge in [-0.3, -0.25) is 4.79 Å². The summed E-state index contributed by atoms with van der Waals surface area (Å²) < 4.78 is 9.25. The molecule has 0 fully saturated rings. The van der Waals surface area contributed by atoms with E-state index < -0.39 is 16.8 Å². The van der Waals surface area contributed by atoms with Crippen molar-refractivity contribution in [1.29, 1.82) is 0 Å². The van der Waals surface area contributed by atoms with Crippen molar-refractivity contribution in [2.75, 3.05) is 13.2 Å². The van der Waals surface area contributed by atoms with Gasteiger partial charge >= 0.3 is 11.9 Å². The molecule has 0 aromatic carbocycles. The van der Waals surface area contributed by atoms with Crippen LogP contribution >= 0.6 is 11.6 Å². The quantitative estimate of drug-likeness (QED) is 0.523. The molecule has 14 heavy (non-hydrogen) atoms. The van der Waals surface area contributed by atoms with Crippen molar-refractivity contribution in [3.05, 3.63) is 0 Å². The van der Waals surface area contributed by atoms with E-state index in [1.54, 1.807) is 20.8 Å². The van der Waals surface area contributed by atoms with Crippen LogP contribution in [0.15, 0.2) is 0 Å². The molecule has 0 spiro atoms. The van der Waals surface area contributed by atoms with E-state index in [4.69, 9.17) is 11.6 Å². The number of hydrogen-bond acceptors (Lipinski definition) is 4. The van der Waals surface area contributed by atoms with Gasteiger partial charge in [0.2, 0.25) is 0 Å². The number of rotatable bonds is 5. The summed E-state index contributed by atoms with van der Waals surface area (Å²) >= 11 is 5.80. The molecule has 5 heteroatoms. The maximum absolute atomic E-state index is 11.2. The molecule has 0 rings (SSSR count). The molecular weight excluding hydrogens is 208 g/mol. The lowest BCUT2D eigenvalue weighted by atomic mass is 10.1. The van der Waals surface area contributed by atoms with Gasteiger partial charge in [0.15, 0.2) is 6.61 Å². The molecule has 0 heterocycles. The molecule has 1 atom stereocenters. The zero-order valence-electron chi connectivity index (χ0n) is 8.63. The highest BCUT2D eigenvalue weighted by molar-refractivity contribution is 6.33. The Balaban J connectivity index is 3.91. The first kappa shape index (κ1) is 13.2. The number of hydrogen-bond donors (Lipinski definition) is 0. The summed E-state index contributed by atoms with van der Waals surface area (Å²) in [5.41, 5.74) is 0. The summed E-state index contributed by atoms with van der Waals surface area (Å²) in [6.45, 7) is 4.87. The molecule has 82 valence electrons. The van der Waals surface area contributed by atoms with Gasteiger partial charge in [0.05, 0.1) is 6.61 Å². The van der Waals surface area contributed by atoms with E-state index in [1.807, 2.05) is 0 Å². The van der Waals surface area contributed by atoms with Gasteiger partial charge in [-0.25, -0.2) is 4.79 Å². The maximum Gasteiger partial charge on any atom is 0.344 e. The Morgan fingerprint density at radius 2 is 1.86 bits per heavy atom. The molecule has 0 bridgehead atoms. The van der Waals surface area contributed by atoms with Crippen molar-refractivity contribution in [3.63, 3.8) is 0 Å². The summed E-state index contributed by atoms with van der Waals surface area (Å²) in [5.74, 6) is -1.17. The standard InChI is InChI=1S/C9H15ClO4/c1-4-9(3,10)8(12)14-6-7(11)13-5-2/h4-6H2,1-3H3. The molecule has 0 saturated carbocycles. The Morgan fingerprint density at radius 1 is 1.29 bits per heavy atom. The smallest absolute Gasteiger partial charge is 0.344 e. The van der Waals surface area contributed by atoms with Crippen molar-refractivity contribution < 1.29 is 19.1 Å². The van der Waals surface area contributed by atoms with Gasteiger partial charge in [-0.2, -0.15) is 0 Å². The first-order valence-electron chi connectivity index (χ1n) is 4.45. The van der Waals surface area contributed by atoms with Crippen LogP contribution in [0, 0.1) is 0 Å². The predicted octanol–water partition coefficient (Wildman–Crippen LogP) is 1.50. The van der Waals surface area contributed by atoms with E-state index in [0.29, 0.717) is 6.42 Å². The average molecular weight is 223 g/mol. The van der Waals surface area contributed by atoms with Crippen molar-refractivity contribution in [2.24, 2.45) is 0 Å². The minimum absolute atomic E-state index is 0.266. The maximum atomic E-state index is 11.2. The van der Waals surface area contributed by atoms with Crippen molar-refractivity contribution in [3.8, 4) is 0 Å².